The molecule has 10 heavy (non-hydrogen) atoms. The van der Waals surface area contributed by atoms with Crippen molar-refractivity contribution in [3.63, 3.8) is 0 Å². The van der Waals surface area contributed by atoms with E-state index < -0.39 is 0 Å². The summed E-state index contributed by atoms with van der Waals surface area (Å²) in [6.45, 7) is 0. The maximum absolute atomic E-state index is 10.9. The Hall–Kier alpha value is -1.25. The van der Waals surface area contributed by atoms with Gasteiger partial charge in [-0.3, -0.25) is 4.79 Å². The number of aromatic nitrogens is 1. The van der Waals surface area contributed by atoms with Crippen molar-refractivity contribution < 1.29 is 4.79 Å². The second-order valence-electron chi connectivity index (χ2n) is 2.14. The van der Waals surface area contributed by atoms with E-state index in [4.69, 9.17) is 0 Å². The Bertz CT molecular complexity index is 240. The topological polar surface area (TPSA) is 34.0 Å². The highest BCUT2D eigenvalue weighted by Crippen LogP contribution is 1.97. The summed E-state index contributed by atoms with van der Waals surface area (Å²) in [6.07, 6.45) is 3.61. The van der Waals surface area contributed by atoms with Crippen LogP contribution in [0.4, 0.5) is 0 Å². The molecule has 0 aliphatic carbocycles. The Kier molecular flexibility index (Phi) is 1.76. The van der Waals surface area contributed by atoms with Gasteiger partial charge in [-0.05, 0) is 6.07 Å². The average molecular weight is 138 g/mol. The van der Waals surface area contributed by atoms with Crippen LogP contribution in [-0.4, -0.2) is 17.5 Å². The molecule has 1 amide bonds. The van der Waals surface area contributed by atoms with E-state index in [1.165, 1.54) is 0 Å². The number of rotatable bonds is 1. The van der Waals surface area contributed by atoms with Crippen molar-refractivity contribution in [3.8, 4) is 0 Å². The zero-order valence-electron chi connectivity index (χ0n) is 6.09. The molecule has 0 radical (unpaired) electrons. The number of aryl methyl sites for hydroxylation is 1. The fraction of sp³-hybridized carbons (Fsp3) is 0.286. The highest BCUT2D eigenvalue weighted by atomic mass is 16.1. The molecule has 0 unspecified atom stereocenters. The van der Waals surface area contributed by atoms with Crippen molar-refractivity contribution in [2.45, 2.75) is 0 Å². The Morgan fingerprint density at radius 2 is 2.40 bits per heavy atom. The van der Waals surface area contributed by atoms with Gasteiger partial charge in [-0.15, -0.1) is 0 Å². The average Bonchev–Trinajstić information content (AvgIpc) is 2.34. The first-order valence-corrected chi connectivity index (χ1v) is 3.08. The van der Waals surface area contributed by atoms with Crippen LogP contribution < -0.4 is 5.32 Å². The van der Waals surface area contributed by atoms with Gasteiger partial charge in [0.1, 0.15) is 0 Å². The fourth-order valence-corrected chi connectivity index (χ4v) is 0.782. The normalized spacial score (nSPS) is 9.40. The third kappa shape index (κ3) is 1.18. The van der Waals surface area contributed by atoms with Crippen molar-refractivity contribution in [2.75, 3.05) is 7.05 Å². The van der Waals surface area contributed by atoms with E-state index in [0.717, 1.165) is 0 Å². The smallest absolute Gasteiger partial charge is 0.252 e. The van der Waals surface area contributed by atoms with E-state index in [-0.39, 0.29) is 5.91 Å². The molecular formula is C7H10N2O. The molecule has 3 nitrogen and oxygen atoms in total. The van der Waals surface area contributed by atoms with Gasteiger partial charge in [0.25, 0.3) is 5.91 Å². The molecule has 1 aromatic rings. The summed E-state index contributed by atoms with van der Waals surface area (Å²) in [4.78, 5) is 10.9. The first-order chi connectivity index (χ1) is 4.74. The number of carbonyl (C=O) groups excluding carboxylic acids is 1. The van der Waals surface area contributed by atoms with Crippen LogP contribution in [-0.2, 0) is 7.05 Å². The third-order valence-corrected chi connectivity index (χ3v) is 1.32. The third-order valence-electron chi connectivity index (χ3n) is 1.32. The number of nitrogens with one attached hydrogen (secondary N) is 1. The van der Waals surface area contributed by atoms with Gasteiger partial charge in [-0.2, -0.15) is 0 Å². The number of hydrogen-bond donors (Lipinski definition) is 1. The summed E-state index contributed by atoms with van der Waals surface area (Å²) >= 11 is 0. The Morgan fingerprint density at radius 3 is 2.80 bits per heavy atom. The van der Waals surface area contributed by atoms with E-state index in [1.807, 2.05) is 17.8 Å². The molecule has 54 valence electrons. The number of hydrogen-bond acceptors (Lipinski definition) is 1. The van der Waals surface area contributed by atoms with Crippen LogP contribution in [0.1, 0.15) is 10.4 Å². The summed E-state index contributed by atoms with van der Waals surface area (Å²) < 4.78 is 1.84. The lowest BCUT2D eigenvalue weighted by molar-refractivity contribution is 0.0963. The van der Waals surface area contributed by atoms with Crippen LogP contribution in [0.25, 0.3) is 0 Å². The predicted octanol–water partition coefficient (Wildman–Crippen LogP) is 0.385. The second-order valence-corrected chi connectivity index (χ2v) is 2.14. The summed E-state index contributed by atoms with van der Waals surface area (Å²) in [5, 5.41) is 2.54. The minimum Gasteiger partial charge on any atom is -0.356 e. The van der Waals surface area contributed by atoms with Gasteiger partial charge in [0.2, 0.25) is 0 Å². The van der Waals surface area contributed by atoms with E-state index >= 15 is 0 Å². The maximum Gasteiger partial charge on any atom is 0.252 e. The van der Waals surface area contributed by atoms with Crippen LogP contribution in [0.2, 0.25) is 0 Å². The standard InChI is InChI=1S/C7H10N2O/c1-8-7(10)6-3-4-9(2)5-6/h3-5H,1-2H3,(H,8,10). The predicted molar refractivity (Wildman–Crippen MR) is 38.8 cm³/mol. The molecule has 3 heteroatoms. The first kappa shape index (κ1) is 6.86. The molecule has 0 aliphatic heterocycles. The summed E-state index contributed by atoms with van der Waals surface area (Å²) in [5.74, 6) is -0.0411. The minimum atomic E-state index is -0.0411. The second kappa shape index (κ2) is 2.56. The van der Waals surface area contributed by atoms with Gasteiger partial charge < -0.3 is 9.88 Å². The lowest BCUT2D eigenvalue weighted by Gasteiger charge is -1.92. The molecule has 1 heterocycles. The zero-order chi connectivity index (χ0) is 7.56. The Labute approximate surface area is 59.7 Å². The first-order valence-electron chi connectivity index (χ1n) is 3.08. The quantitative estimate of drug-likeness (QED) is 0.598. The number of amides is 1. The van der Waals surface area contributed by atoms with Gasteiger partial charge in [0.05, 0.1) is 5.56 Å². The van der Waals surface area contributed by atoms with Gasteiger partial charge in [0, 0.05) is 26.5 Å². The molecule has 0 saturated heterocycles. The molecule has 0 saturated carbocycles. The van der Waals surface area contributed by atoms with Gasteiger partial charge >= 0.3 is 0 Å². The Morgan fingerprint density at radius 1 is 1.70 bits per heavy atom. The van der Waals surface area contributed by atoms with Crippen molar-refractivity contribution in [1.29, 1.82) is 0 Å². The molecule has 0 fully saturated rings. The summed E-state index contributed by atoms with van der Waals surface area (Å²) in [5.41, 5.74) is 0.699. The maximum atomic E-state index is 10.9. The molecule has 0 aliphatic rings. The van der Waals surface area contributed by atoms with Gasteiger partial charge in [-0.1, -0.05) is 0 Å². The van der Waals surface area contributed by atoms with Crippen LogP contribution in [0.15, 0.2) is 18.5 Å². The molecule has 0 bridgehead atoms. The molecule has 0 atom stereocenters. The molecule has 0 spiro atoms. The molecular weight excluding hydrogens is 128 g/mol. The zero-order valence-corrected chi connectivity index (χ0v) is 6.09. The summed E-state index contributed by atoms with van der Waals surface area (Å²) in [6, 6.07) is 1.78. The highest BCUT2D eigenvalue weighted by Gasteiger charge is 2.01. The molecule has 0 aromatic carbocycles. The lowest BCUT2D eigenvalue weighted by atomic mass is 10.3. The van der Waals surface area contributed by atoms with Crippen LogP contribution in [0.5, 0.6) is 0 Å². The van der Waals surface area contributed by atoms with Crippen molar-refractivity contribution in [3.05, 3.63) is 24.0 Å². The number of nitrogens with zero attached hydrogens (tertiary/aromatic N) is 1. The molecule has 1 rings (SSSR count). The summed E-state index contributed by atoms with van der Waals surface area (Å²) in [7, 11) is 3.50. The Balaban J connectivity index is 2.85. The van der Waals surface area contributed by atoms with Crippen molar-refractivity contribution in [2.24, 2.45) is 7.05 Å². The van der Waals surface area contributed by atoms with Crippen molar-refractivity contribution >= 4 is 5.91 Å². The monoisotopic (exact) mass is 138 g/mol. The lowest BCUT2D eigenvalue weighted by Crippen LogP contribution is -2.16. The van der Waals surface area contributed by atoms with Crippen LogP contribution in [0, 0.1) is 0 Å². The molecule has 1 N–H and O–H groups in total. The van der Waals surface area contributed by atoms with Crippen LogP contribution in [0.3, 0.4) is 0 Å². The largest absolute Gasteiger partial charge is 0.356 e. The minimum absolute atomic E-state index is 0.0411. The van der Waals surface area contributed by atoms with Crippen molar-refractivity contribution in [1.82, 2.24) is 9.88 Å². The SMILES string of the molecule is CNC(=O)c1ccn(C)c1. The highest BCUT2D eigenvalue weighted by molar-refractivity contribution is 5.93. The van der Waals surface area contributed by atoms with E-state index in [1.54, 1.807) is 19.3 Å². The van der Waals surface area contributed by atoms with Gasteiger partial charge in [-0.25, -0.2) is 0 Å². The molecule has 1 aromatic heterocycles. The van der Waals surface area contributed by atoms with Gasteiger partial charge in [0.15, 0.2) is 0 Å². The van der Waals surface area contributed by atoms with E-state index in [0.29, 0.717) is 5.56 Å². The van der Waals surface area contributed by atoms with E-state index in [2.05, 4.69) is 5.32 Å². The van der Waals surface area contributed by atoms with E-state index in [9.17, 15) is 4.79 Å². The number of carbonyl (C=O) groups is 1. The fourth-order valence-electron chi connectivity index (χ4n) is 0.782. The van der Waals surface area contributed by atoms with Crippen LogP contribution >= 0.6 is 0 Å².